The van der Waals surface area contributed by atoms with Crippen LogP contribution in [0.1, 0.15) is 54.6 Å². The smallest absolute Gasteiger partial charge is 0.166 e. The Morgan fingerprint density at radius 1 is 1.30 bits per heavy atom. The third-order valence-electron chi connectivity index (χ3n) is 4.44. The van der Waals surface area contributed by atoms with Crippen LogP contribution in [-0.4, -0.2) is 5.78 Å². The lowest BCUT2D eigenvalue weighted by molar-refractivity contribution is 0.0937. The average molecular weight is 284 g/mol. The Balaban J connectivity index is 1.99. The molecule has 0 N–H and O–H groups in total. The Labute approximate surface area is 125 Å². The highest BCUT2D eigenvalue weighted by Gasteiger charge is 2.37. The largest absolute Gasteiger partial charge is 0.294 e. The summed E-state index contributed by atoms with van der Waals surface area (Å²) in [5.41, 5.74) is 3.68. The van der Waals surface area contributed by atoms with Crippen molar-refractivity contribution in [3.05, 3.63) is 52.0 Å². The zero-order chi connectivity index (χ0) is 14.3. The minimum atomic E-state index is 0.134. The van der Waals surface area contributed by atoms with E-state index >= 15 is 0 Å². The Bertz CT molecular complexity index is 625. The molecule has 1 aliphatic heterocycles. The first-order valence-electron chi connectivity index (χ1n) is 7.37. The molecular formula is C18H20OS. The van der Waals surface area contributed by atoms with Gasteiger partial charge in [-0.1, -0.05) is 50.8 Å². The van der Waals surface area contributed by atoms with Gasteiger partial charge in [0, 0.05) is 22.8 Å². The van der Waals surface area contributed by atoms with Gasteiger partial charge in [-0.15, -0.1) is 0 Å². The SMILES string of the molecule is CC/C=C\C=C1/Cc2c(ccc3c2C(C)C(C)C3=O)S1. The molecule has 0 bridgehead atoms. The van der Waals surface area contributed by atoms with Crippen LogP contribution in [-0.2, 0) is 6.42 Å². The van der Waals surface area contributed by atoms with Crippen LogP contribution in [0.5, 0.6) is 0 Å². The number of carbonyl (C=O) groups excluding carboxylic acids is 1. The molecule has 3 rings (SSSR count). The van der Waals surface area contributed by atoms with Crippen molar-refractivity contribution in [2.75, 3.05) is 0 Å². The average Bonchev–Trinajstić information content (AvgIpc) is 2.94. The summed E-state index contributed by atoms with van der Waals surface area (Å²) in [6.45, 7) is 6.40. The van der Waals surface area contributed by atoms with Crippen molar-refractivity contribution in [3.63, 3.8) is 0 Å². The quantitative estimate of drug-likeness (QED) is 0.749. The van der Waals surface area contributed by atoms with Crippen molar-refractivity contribution in [1.29, 1.82) is 0 Å². The lowest BCUT2D eigenvalue weighted by Gasteiger charge is -2.11. The molecule has 1 aromatic rings. The van der Waals surface area contributed by atoms with Crippen LogP contribution in [0.2, 0.25) is 0 Å². The third kappa shape index (κ3) is 2.07. The Hall–Kier alpha value is -1.28. The number of carbonyl (C=O) groups is 1. The molecule has 0 radical (unpaired) electrons. The fourth-order valence-corrected chi connectivity index (χ4v) is 4.22. The van der Waals surface area contributed by atoms with Gasteiger partial charge in [-0.2, -0.15) is 0 Å². The van der Waals surface area contributed by atoms with E-state index in [1.807, 2.05) is 17.8 Å². The van der Waals surface area contributed by atoms with E-state index < -0.39 is 0 Å². The summed E-state index contributed by atoms with van der Waals surface area (Å²) in [5.74, 6) is 0.816. The number of Topliss-reactive ketones (excluding diaryl/α,β-unsaturated/α-hetero) is 1. The zero-order valence-corrected chi connectivity index (χ0v) is 13.1. The Morgan fingerprint density at radius 3 is 2.85 bits per heavy atom. The topological polar surface area (TPSA) is 17.1 Å². The first kappa shape index (κ1) is 13.7. The van der Waals surface area contributed by atoms with Crippen LogP contribution in [0, 0.1) is 5.92 Å². The fraction of sp³-hybridized carbons (Fsp3) is 0.389. The van der Waals surface area contributed by atoms with E-state index in [9.17, 15) is 4.79 Å². The molecule has 0 saturated heterocycles. The monoisotopic (exact) mass is 284 g/mol. The van der Waals surface area contributed by atoms with Crippen LogP contribution >= 0.6 is 11.8 Å². The predicted octanol–water partition coefficient (Wildman–Crippen LogP) is 5.12. The van der Waals surface area contributed by atoms with Gasteiger partial charge in [0.1, 0.15) is 0 Å². The second-order valence-corrected chi connectivity index (χ2v) is 6.86. The lowest BCUT2D eigenvalue weighted by atomic mass is 9.92. The molecule has 0 aromatic heterocycles. The van der Waals surface area contributed by atoms with Gasteiger partial charge < -0.3 is 0 Å². The first-order chi connectivity index (χ1) is 9.63. The normalized spacial score (nSPS) is 26.6. The molecule has 0 saturated carbocycles. The number of rotatable bonds is 2. The van der Waals surface area contributed by atoms with Gasteiger partial charge in [0.2, 0.25) is 0 Å². The van der Waals surface area contributed by atoms with Gasteiger partial charge >= 0.3 is 0 Å². The summed E-state index contributed by atoms with van der Waals surface area (Å²) in [6, 6.07) is 4.17. The van der Waals surface area contributed by atoms with Crippen LogP contribution in [0.4, 0.5) is 0 Å². The Morgan fingerprint density at radius 2 is 2.10 bits per heavy atom. The minimum Gasteiger partial charge on any atom is -0.294 e. The van der Waals surface area contributed by atoms with Crippen LogP contribution in [0.15, 0.2) is 40.2 Å². The fourth-order valence-electron chi connectivity index (χ4n) is 3.14. The van der Waals surface area contributed by atoms with Crippen molar-refractivity contribution in [1.82, 2.24) is 0 Å². The summed E-state index contributed by atoms with van der Waals surface area (Å²) < 4.78 is 0. The summed E-state index contributed by atoms with van der Waals surface area (Å²) in [7, 11) is 0. The maximum absolute atomic E-state index is 12.3. The summed E-state index contributed by atoms with van der Waals surface area (Å²) in [5, 5.41) is 0. The molecule has 0 fully saturated rings. The van der Waals surface area contributed by atoms with E-state index in [0.717, 1.165) is 18.4 Å². The molecule has 104 valence electrons. The molecule has 0 spiro atoms. The molecule has 2 atom stereocenters. The van der Waals surface area contributed by atoms with Crippen LogP contribution < -0.4 is 0 Å². The number of hydrogen-bond donors (Lipinski definition) is 0. The Kier molecular flexibility index (Phi) is 3.59. The molecule has 1 nitrogen and oxygen atoms in total. The maximum Gasteiger partial charge on any atom is 0.166 e. The highest BCUT2D eigenvalue weighted by Crippen LogP contribution is 2.48. The number of ketones is 1. The number of fused-ring (bicyclic) bond motifs is 3. The van der Waals surface area contributed by atoms with E-state index in [0.29, 0.717) is 11.7 Å². The second-order valence-electron chi connectivity index (χ2n) is 5.69. The molecule has 2 unspecified atom stereocenters. The molecule has 20 heavy (non-hydrogen) atoms. The maximum atomic E-state index is 12.3. The molecule has 2 aliphatic rings. The number of hydrogen-bond acceptors (Lipinski definition) is 2. The highest BCUT2D eigenvalue weighted by atomic mass is 32.2. The van der Waals surface area contributed by atoms with Crippen molar-refractivity contribution in [3.8, 4) is 0 Å². The van der Waals surface area contributed by atoms with Gasteiger partial charge in [-0.05, 0) is 40.5 Å². The molecular weight excluding hydrogens is 264 g/mol. The first-order valence-corrected chi connectivity index (χ1v) is 8.18. The van der Waals surface area contributed by atoms with Gasteiger partial charge in [0.25, 0.3) is 0 Å². The van der Waals surface area contributed by atoms with Crippen LogP contribution in [0.3, 0.4) is 0 Å². The molecule has 2 heteroatoms. The highest BCUT2D eigenvalue weighted by molar-refractivity contribution is 8.03. The van der Waals surface area contributed by atoms with Gasteiger partial charge in [-0.3, -0.25) is 4.79 Å². The van der Waals surface area contributed by atoms with Gasteiger partial charge in [-0.25, -0.2) is 0 Å². The lowest BCUT2D eigenvalue weighted by Crippen LogP contribution is -2.06. The van der Waals surface area contributed by atoms with Crippen molar-refractivity contribution < 1.29 is 4.79 Å². The predicted molar refractivity (Wildman–Crippen MR) is 85.4 cm³/mol. The number of benzene rings is 1. The van der Waals surface area contributed by atoms with E-state index in [4.69, 9.17) is 0 Å². The molecule has 1 heterocycles. The number of thioether (sulfide) groups is 1. The zero-order valence-electron chi connectivity index (χ0n) is 12.3. The van der Waals surface area contributed by atoms with Gasteiger partial charge in [0.15, 0.2) is 5.78 Å². The van der Waals surface area contributed by atoms with Crippen molar-refractivity contribution >= 4 is 17.5 Å². The van der Waals surface area contributed by atoms with Gasteiger partial charge in [0.05, 0.1) is 0 Å². The minimum absolute atomic E-state index is 0.134. The molecule has 1 aromatic carbocycles. The van der Waals surface area contributed by atoms with E-state index in [1.165, 1.54) is 20.9 Å². The molecule has 0 amide bonds. The summed E-state index contributed by atoms with van der Waals surface area (Å²) in [4.78, 5) is 15.0. The third-order valence-corrected chi connectivity index (χ3v) is 5.59. The number of allylic oxidation sites excluding steroid dienone is 4. The van der Waals surface area contributed by atoms with E-state index in [-0.39, 0.29) is 5.92 Å². The standard InChI is InChI=1S/C18H20OS/c1-4-5-6-7-13-10-15-16(20-13)9-8-14-17(15)11(2)12(3)18(14)19/h5-9,11-12H,4,10H2,1-3H3/b6-5-,13-7+. The molecule has 1 aliphatic carbocycles. The van der Waals surface area contributed by atoms with Crippen molar-refractivity contribution in [2.45, 2.75) is 44.4 Å². The second kappa shape index (κ2) is 5.25. The van der Waals surface area contributed by atoms with E-state index in [1.54, 1.807) is 0 Å². The summed E-state index contributed by atoms with van der Waals surface area (Å²) >= 11 is 1.86. The summed E-state index contributed by atoms with van der Waals surface area (Å²) in [6.07, 6.45) is 8.59. The van der Waals surface area contributed by atoms with Crippen molar-refractivity contribution in [2.24, 2.45) is 5.92 Å². The van der Waals surface area contributed by atoms with Crippen LogP contribution in [0.25, 0.3) is 0 Å². The van der Waals surface area contributed by atoms with E-state index in [2.05, 4.69) is 45.1 Å².